The third kappa shape index (κ3) is 5.45. The number of nitrogens with zero attached hydrogens (tertiary/aromatic N) is 3. The van der Waals surface area contributed by atoms with Crippen LogP contribution in [0.2, 0.25) is 0 Å². The predicted octanol–water partition coefficient (Wildman–Crippen LogP) is -0.918. The SMILES string of the molecule is CCN1CCN(C(=O)NC(C(=O)NC2Cc3cccc(C(=O)O)c3OB2O)c2ncc(N)cc2F)C(=O)C1=O. The Hall–Kier alpha value is -4.73. The molecule has 5 amide bonds. The lowest BCUT2D eigenvalue weighted by Crippen LogP contribution is -2.60. The van der Waals surface area contributed by atoms with Crippen molar-refractivity contribution in [2.24, 2.45) is 0 Å². The number of carbonyl (C=O) groups is 5. The van der Waals surface area contributed by atoms with E-state index in [9.17, 15) is 38.5 Å². The smallest absolute Gasteiger partial charge is 0.534 e. The van der Waals surface area contributed by atoms with Crippen LogP contribution in [0.15, 0.2) is 30.5 Å². The Balaban J connectivity index is 1.58. The molecule has 2 aromatic rings. The van der Waals surface area contributed by atoms with Gasteiger partial charge in [-0.25, -0.2) is 14.0 Å². The minimum Gasteiger partial charge on any atom is -0.534 e. The normalized spacial score (nSPS) is 17.7. The van der Waals surface area contributed by atoms with Crippen LogP contribution >= 0.6 is 0 Å². The van der Waals surface area contributed by atoms with Crippen LogP contribution in [0.25, 0.3) is 0 Å². The summed E-state index contributed by atoms with van der Waals surface area (Å²) in [5.74, 6) is -6.57. The van der Waals surface area contributed by atoms with Crippen LogP contribution in [0.4, 0.5) is 14.9 Å². The molecule has 39 heavy (non-hydrogen) atoms. The number of halogens is 1. The van der Waals surface area contributed by atoms with E-state index in [-0.39, 0.29) is 43.1 Å². The molecule has 4 rings (SSSR count). The van der Waals surface area contributed by atoms with Crippen molar-refractivity contribution in [2.45, 2.75) is 25.3 Å². The molecular formula is C23H24BFN6O8. The molecular weight excluding hydrogens is 518 g/mol. The molecule has 1 saturated heterocycles. The van der Waals surface area contributed by atoms with Crippen LogP contribution in [0.5, 0.6) is 5.75 Å². The molecule has 16 heteroatoms. The molecule has 1 aromatic heterocycles. The third-order valence-corrected chi connectivity index (χ3v) is 6.31. The van der Waals surface area contributed by atoms with Gasteiger partial charge in [0.15, 0.2) is 6.04 Å². The van der Waals surface area contributed by atoms with Crippen LogP contribution in [-0.4, -0.2) is 87.3 Å². The zero-order valence-corrected chi connectivity index (χ0v) is 20.6. The van der Waals surface area contributed by atoms with E-state index in [2.05, 4.69) is 15.6 Å². The van der Waals surface area contributed by atoms with Gasteiger partial charge in [-0.15, -0.1) is 0 Å². The van der Waals surface area contributed by atoms with Gasteiger partial charge >= 0.3 is 30.9 Å². The summed E-state index contributed by atoms with van der Waals surface area (Å²) in [5.41, 5.74) is 5.15. The number of benzene rings is 1. The number of para-hydroxylation sites is 1. The van der Waals surface area contributed by atoms with Gasteiger partial charge in [0.05, 0.1) is 23.4 Å². The van der Waals surface area contributed by atoms with E-state index in [1.54, 1.807) is 13.0 Å². The van der Waals surface area contributed by atoms with Crippen LogP contribution < -0.4 is 21.0 Å². The number of aromatic carboxylic acids is 1. The topological polar surface area (TPSA) is 204 Å². The van der Waals surface area contributed by atoms with Gasteiger partial charge in [0.1, 0.15) is 17.3 Å². The number of carbonyl (C=O) groups excluding carboxylic acids is 4. The molecule has 2 aliphatic heterocycles. The number of hydrogen-bond donors (Lipinski definition) is 5. The van der Waals surface area contributed by atoms with Gasteiger partial charge in [0.25, 0.3) is 0 Å². The maximum Gasteiger partial charge on any atom is 0.547 e. The second-order valence-corrected chi connectivity index (χ2v) is 8.79. The van der Waals surface area contributed by atoms with E-state index in [4.69, 9.17) is 10.4 Å². The van der Waals surface area contributed by atoms with E-state index in [0.717, 1.165) is 12.3 Å². The van der Waals surface area contributed by atoms with Crippen molar-refractivity contribution in [1.82, 2.24) is 25.4 Å². The van der Waals surface area contributed by atoms with Crippen molar-refractivity contribution in [2.75, 3.05) is 25.4 Å². The number of urea groups is 1. The second-order valence-electron chi connectivity index (χ2n) is 8.79. The second kappa shape index (κ2) is 10.9. The van der Waals surface area contributed by atoms with Crippen molar-refractivity contribution >= 4 is 42.5 Å². The van der Waals surface area contributed by atoms with E-state index in [1.165, 1.54) is 17.0 Å². The first-order valence-corrected chi connectivity index (χ1v) is 11.8. The highest BCUT2D eigenvalue weighted by Crippen LogP contribution is 2.30. The van der Waals surface area contributed by atoms with Crippen LogP contribution in [0.1, 0.15) is 34.6 Å². The summed E-state index contributed by atoms with van der Waals surface area (Å²) in [6, 6.07) is 2.23. The maximum atomic E-state index is 14.8. The third-order valence-electron chi connectivity index (χ3n) is 6.31. The molecule has 6 N–H and O–H groups in total. The lowest BCUT2D eigenvalue weighted by molar-refractivity contribution is -0.153. The lowest BCUT2D eigenvalue weighted by atomic mass is 9.72. The van der Waals surface area contributed by atoms with E-state index >= 15 is 0 Å². The van der Waals surface area contributed by atoms with E-state index in [1.807, 2.05) is 0 Å². The van der Waals surface area contributed by atoms with Gasteiger partial charge in [-0.1, -0.05) is 12.1 Å². The summed E-state index contributed by atoms with van der Waals surface area (Å²) < 4.78 is 20.2. The molecule has 0 aliphatic carbocycles. The highest BCUT2D eigenvalue weighted by molar-refractivity contribution is 6.47. The Morgan fingerprint density at radius 2 is 2.03 bits per heavy atom. The quantitative estimate of drug-likeness (QED) is 0.224. The fraction of sp³-hybridized carbons (Fsp3) is 0.304. The molecule has 0 radical (unpaired) electrons. The standard InChI is InChI=1S/C23H24BFN6O8/c1-2-30-6-7-31(21(34)20(30)33)23(37)29-17(16-14(25)9-12(26)10-27-16)19(32)28-15-8-11-4-3-5-13(22(35)36)18(11)39-24(15)38/h3-5,9-10,15,17,38H,2,6-8,26H2,1H3,(H,28,32)(H,29,37)(H,35,36). The monoisotopic (exact) mass is 542 g/mol. The number of carboxylic acid groups (broad SMARTS) is 1. The number of nitrogens with one attached hydrogen (secondary N) is 2. The van der Waals surface area contributed by atoms with Crippen LogP contribution in [0.3, 0.4) is 0 Å². The first kappa shape index (κ1) is 27.3. The molecule has 0 saturated carbocycles. The average Bonchev–Trinajstić information content (AvgIpc) is 2.89. The molecule has 1 aromatic carbocycles. The highest BCUT2D eigenvalue weighted by Gasteiger charge is 2.41. The number of piperazine rings is 1. The number of rotatable bonds is 6. The molecule has 1 fully saturated rings. The van der Waals surface area contributed by atoms with E-state index < -0.39 is 60.3 Å². The fourth-order valence-corrected chi connectivity index (χ4v) is 4.29. The number of carboxylic acids is 1. The Labute approximate surface area is 221 Å². The number of anilines is 1. The van der Waals surface area contributed by atoms with Crippen molar-refractivity contribution in [3.63, 3.8) is 0 Å². The summed E-state index contributed by atoms with van der Waals surface area (Å²) in [5, 5.41) is 24.5. The van der Waals surface area contributed by atoms with Crippen molar-refractivity contribution in [3.05, 3.63) is 53.1 Å². The molecule has 2 unspecified atom stereocenters. The van der Waals surface area contributed by atoms with Gasteiger partial charge in [-0.05, 0) is 25.0 Å². The number of nitrogen functional groups attached to an aromatic ring is 1. The first-order chi connectivity index (χ1) is 18.5. The first-order valence-electron chi connectivity index (χ1n) is 11.8. The summed E-state index contributed by atoms with van der Waals surface area (Å²) in [7, 11) is -1.69. The number of hydrogen-bond acceptors (Lipinski definition) is 9. The molecule has 2 aliphatic rings. The lowest BCUT2D eigenvalue weighted by Gasteiger charge is -2.33. The van der Waals surface area contributed by atoms with Gasteiger partial charge in [-0.2, -0.15) is 0 Å². The molecule has 14 nitrogen and oxygen atoms in total. The molecule has 2 atom stereocenters. The fourth-order valence-electron chi connectivity index (χ4n) is 4.29. The molecule has 204 valence electrons. The van der Waals surface area contributed by atoms with Gasteiger partial charge in [0, 0.05) is 25.7 Å². The van der Waals surface area contributed by atoms with Crippen LogP contribution in [-0.2, 0) is 20.8 Å². The Morgan fingerprint density at radius 1 is 1.28 bits per heavy atom. The number of pyridine rings is 1. The average molecular weight is 542 g/mol. The number of amides is 5. The molecule has 0 bridgehead atoms. The predicted molar refractivity (Wildman–Crippen MR) is 131 cm³/mol. The van der Waals surface area contributed by atoms with Crippen molar-refractivity contribution < 1.29 is 43.1 Å². The van der Waals surface area contributed by atoms with Gasteiger partial charge in [-0.3, -0.25) is 24.3 Å². The molecule has 3 heterocycles. The summed E-state index contributed by atoms with van der Waals surface area (Å²) in [6.45, 7) is 1.84. The zero-order valence-electron chi connectivity index (χ0n) is 20.6. The van der Waals surface area contributed by atoms with Gasteiger partial charge in [0.2, 0.25) is 5.91 Å². The Bertz CT molecular complexity index is 1360. The highest BCUT2D eigenvalue weighted by atomic mass is 19.1. The number of nitrogens with two attached hydrogens (primary N) is 1. The minimum atomic E-state index is -1.82. The van der Waals surface area contributed by atoms with Crippen molar-refractivity contribution in [1.29, 1.82) is 0 Å². The van der Waals surface area contributed by atoms with Crippen molar-refractivity contribution in [3.8, 4) is 5.75 Å². The number of fused-ring (bicyclic) bond motifs is 1. The number of aromatic nitrogens is 1. The van der Waals surface area contributed by atoms with Crippen LogP contribution in [0, 0.1) is 5.82 Å². The maximum absolute atomic E-state index is 14.8. The Kier molecular flexibility index (Phi) is 7.67. The zero-order chi connectivity index (χ0) is 28.4. The summed E-state index contributed by atoms with van der Waals surface area (Å²) in [6.07, 6.45) is 0.995. The number of imide groups is 1. The van der Waals surface area contributed by atoms with E-state index in [0.29, 0.717) is 10.5 Å². The number of likely N-dealkylation sites (N-methyl/N-ethyl adjacent to an activating group) is 1. The molecule has 0 spiro atoms. The summed E-state index contributed by atoms with van der Waals surface area (Å²) >= 11 is 0. The van der Waals surface area contributed by atoms with Gasteiger partial charge < -0.3 is 36.1 Å². The largest absolute Gasteiger partial charge is 0.547 e. The summed E-state index contributed by atoms with van der Waals surface area (Å²) in [4.78, 5) is 68.2. The minimum absolute atomic E-state index is 0.0554. The Morgan fingerprint density at radius 3 is 2.69 bits per heavy atom.